The summed E-state index contributed by atoms with van der Waals surface area (Å²) in [5.41, 5.74) is 3.67. The molecule has 2 aromatic rings. The van der Waals surface area contributed by atoms with Gasteiger partial charge in [0, 0.05) is 13.6 Å². The SMILES string of the molecule is Cn1c(=O)n2c3c(cccc31)CCCC2. The highest BCUT2D eigenvalue weighted by Crippen LogP contribution is 2.22. The summed E-state index contributed by atoms with van der Waals surface area (Å²) < 4.78 is 3.68. The van der Waals surface area contributed by atoms with E-state index in [1.165, 1.54) is 12.0 Å². The molecule has 0 radical (unpaired) electrons. The van der Waals surface area contributed by atoms with E-state index >= 15 is 0 Å². The Balaban J connectivity index is 2.52. The molecule has 78 valence electrons. The third-order valence-corrected chi connectivity index (χ3v) is 3.33. The van der Waals surface area contributed by atoms with Gasteiger partial charge in [0.05, 0.1) is 11.0 Å². The van der Waals surface area contributed by atoms with Crippen LogP contribution in [0.25, 0.3) is 11.0 Å². The third-order valence-electron chi connectivity index (χ3n) is 3.33. The first-order chi connectivity index (χ1) is 7.29. The van der Waals surface area contributed by atoms with Crippen LogP contribution in [0.2, 0.25) is 0 Å². The predicted octanol–water partition coefficient (Wildman–Crippen LogP) is 1.68. The highest BCUT2D eigenvalue weighted by atomic mass is 16.1. The van der Waals surface area contributed by atoms with Gasteiger partial charge in [0.25, 0.3) is 0 Å². The molecule has 15 heavy (non-hydrogen) atoms. The first kappa shape index (κ1) is 8.77. The maximum Gasteiger partial charge on any atom is 0.328 e. The van der Waals surface area contributed by atoms with Crippen LogP contribution in [0.3, 0.4) is 0 Å². The smallest absolute Gasteiger partial charge is 0.295 e. The molecule has 0 N–H and O–H groups in total. The predicted molar refractivity (Wildman–Crippen MR) is 60.1 cm³/mol. The molecular weight excluding hydrogens is 188 g/mol. The summed E-state index contributed by atoms with van der Waals surface area (Å²) in [6.45, 7) is 0.868. The van der Waals surface area contributed by atoms with Crippen LogP contribution in [0.1, 0.15) is 18.4 Å². The molecule has 1 aliphatic heterocycles. The molecule has 0 atom stereocenters. The Bertz CT molecular complexity index is 577. The molecule has 0 saturated heterocycles. The maximum atomic E-state index is 12.0. The minimum atomic E-state index is 0.124. The second-order valence-electron chi connectivity index (χ2n) is 4.24. The van der Waals surface area contributed by atoms with Gasteiger partial charge in [-0.05, 0) is 30.9 Å². The Morgan fingerprint density at radius 1 is 1.27 bits per heavy atom. The lowest BCUT2D eigenvalue weighted by atomic mass is 10.1. The van der Waals surface area contributed by atoms with Crippen molar-refractivity contribution in [2.24, 2.45) is 7.05 Å². The van der Waals surface area contributed by atoms with E-state index in [9.17, 15) is 4.79 Å². The molecule has 3 heteroatoms. The van der Waals surface area contributed by atoms with Crippen molar-refractivity contribution >= 4 is 11.0 Å². The number of nitrogens with zero attached hydrogens (tertiary/aromatic N) is 2. The van der Waals surface area contributed by atoms with Gasteiger partial charge in [-0.2, -0.15) is 0 Å². The molecule has 0 fully saturated rings. The lowest BCUT2D eigenvalue weighted by Crippen LogP contribution is -2.21. The normalized spacial score (nSPS) is 15.5. The zero-order valence-electron chi connectivity index (χ0n) is 8.86. The zero-order chi connectivity index (χ0) is 10.4. The standard InChI is InChI=1S/C12H14N2O/c1-13-10-7-4-6-9-5-2-3-8-14(11(9)10)12(13)15/h4,6-7H,2-3,5,8H2,1H3. The number of hydrogen-bond donors (Lipinski definition) is 0. The van der Waals surface area contributed by atoms with E-state index in [1.807, 2.05) is 23.7 Å². The quantitative estimate of drug-likeness (QED) is 0.638. The summed E-state index contributed by atoms with van der Waals surface area (Å²) in [6, 6.07) is 6.22. The Morgan fingerprint density at radius 2 is 2.13 bits per heavy atom. The molecule has 0 saturated carbocycles. The van der Waals surface area contributed by atoms with Crippen molar-refractivity contribution in [3.63, 3.8) is 0 Å². The van der Waals surface area contributed by atoms with Gasteiger partial charge in [0.1, 0.15) is 0 Å². The van der Waals surface area contributed by atoms with Gasteiger partial charge in [-0.3, -0.25) is 9.13 Å². The number of aryl methyl sites for hydroxylation is 3. The molecule has 2 heterocycles. The number of benzene rings is 1. The monoisotopic (exact) mass is 202 g/mol. The zero-order valence-corrected chi connectivity index (χ0v) is 8.86. The van der Waals surface area contributed by atoms with Crippen molar-refractivity contribution in [1.29, 1.82) is 0 Å². The topological polar surface area (TPSA) is 26.9 Å². The summed E-state index contributed by atoms with van der Waals surface area (Å²) >= 11 is 0. The first-order valence-corrected chi connectivity index (χ1v) is 5.46. The van der Waals surface area contributed by atoms with Crippen LogP contribution < -0.4 is 5.69 Å². The number of para-hydroxylation sites is 1. The summed E-state index contributed by atoms with van der Waals surface area (Å²) in [5, 5.41) is 0. The van der Waals surface area contributed by atoms with E-state index in [0.717, 1.165) is 30.4 Å². The number of imidazole rings is 1. The molecule has 0 aliphatic carbocycles. The lowest BCUT2D eigenvalue weighted by Gasteiger charge is -2.00. The van der Waals surface area contributed by atoms with Gasteiger partial charge in [-0.1, -0.05) is 12.1 Å². The highest BCUT2D eigenvalue weighted by molar-refractivity contribution is 5.80. The van der Waals surface area contributed by atoms with E-state index in [1.54, 1.807) is 4.57 Å². The van der Waals surface area contributed by atoms with Crippen LogP contribution in [-0.2, 0) is 20.0 Å². The van der Waals surface area contributed by atoms with Crippen LogP contribution >= 0.6 is 0 Å². The van der Waals surface area contributed by atoms with Gasteiger partial charge in [0.15, 0.2) is 0 Å². The van der Waals surface area contributed by atoms with Crippen LogP contribution in [0, 0.1) is 0 Å². The first-order valence-electron chi connectivity index (χ1n) is 5.46. The van der Waals surface area contributed by atoms with Crippen molar-refractivity contribution in [3.8, 4) is 0 Å². The van der Waals surface area contributed by atoms with E-state index in [4.69, 9.17) is 0 Å². The minimum absolute atomic E-state index is 0.124. The Kier molecular flexibility index (Phi) is 1.75. The van der Waals surface area contributed by atoms with Gasteiger partial charge < -0.3 is 0 Å². The second kappa shape index (κ2) is 2.99. The number of rotatable bonds is 0. The summed E-state index contributed by atoms with van der Waals surface area (Å²) in [7, 11) is 1.85. The van der Waals surface area contributed by atoms with E-state index in [-0.39, 0.29) is 5.69 Å². The summed E-state index contributed by atoms with van der Waals surface area (Å²) in [4.78, 5) is 12.0. The van der Waals surface area contributed by atoms with Crippen LogP contribution in [-0.4, -0.2) is 9.13 Å². The van der Waals surface area contributed by atoms with Crippen molar-refractivity contribution in [2.75, 3.05) is 0 Å². The fraction of sp³-hybridized carbons (Fsp3) is 0.417. The average molecular weight is 202 g/mol. The molecule has 1 aliphatic rings. The molecule has 0 amide bonds. The largest absolute Gasteiger partial charge is 0.328 e. The van der Waals surface area contributed by atoms with Gasteiger partial charge in [-0.15, -0.1) is 0 Å². The molecule has 0 unspecified atom stereocenters. The van der Waals surface area contributed by atoms with E-state index < -0.39 is 0 Å². The van der Waals surface area contributed by atoms with Crippen LogP contribution in [0.5, 0.6) is 0 Å². The Labute approximate surface area is 87.9 Å². The Hall–Kier alpha value is -1.51. The van der Waals surface area contributed by atoms with Gasteiger partial charge >= 0.3 is 5.69 Å². The third kappa shape index (κ3) is 1.09. The number of hydrogen-bond acceptors (Lipinski definition) is 1. The van der Waals surface area contributed by atoms with Crippen molar-refractivity contribution in [1.82, 2.24) is 9.13 Å². The lowest BCUT2D eigenvalue weighted by molar-refractivity contribution is 0.612. The molecule has 0 spiro atoms. The van der Waals surface area contributed by atoms with Crippen LogP contribution in [0.15, 0.2) is 23.0 Å². The second-order valence-corrected chi connectivity index (χ2v) is 4.24. The fourth-order valence-electron chi connectivity index (χ4n) is 2.53. The molecular formula is C12H14N2O. The molecule has 1 aromatic carbocycles. The summed E-state index contributed by atoms with van der Waals surface area (Å²) in [6.07, 6.45) is 3.39. The number of aromatic nitrogens is 2. The minimum Gasteiger partial charge on any atom is -0.295 e. The molecule has 3 nitrogen and oxygen atoms in total. The van der Waals surface area contributed by atoms with Crippen LogP contribution in [0.4, 0.5) is 0 Å². The maximum absolute atomic E-state index is 12.0. The summed E-state index contributed by atoms with van der Waals surface area (Å²) in [5.74, 6) is 0. The van der Waals surface area contributed by atoms with E-state index in [0.29, 0.717) is 0 Å². The average Bonchev–Trinajstić information content (AvgIpc) is 2.45. The highest BCUT2D eigenvalue weighted by Gasteiger charge is 2.15. The molecule has 0 bridgehead atoms. The van der Waals surface area contributed by atoms with Gasteiger partial charge in [0.2, 0.25) is 0 Å². The van der Waals surface area contributed by atoms with Crippen molar-refractivity contribution in [2.45, 2.75) is 25.8 Å². The van der Waals surface area contributed by atoms with E-state index in [2.05, 4.69) is 6.07 Å². The molecule has 1 aromatic heterocycles. The Morgan fingerprint density at radius 3 is 3.00 bits per heavy atom. The van der Waals surface area contributed by atoms with Gasteiger partial charge in [-0.25, -0.2) is 4.79 Å². The van der Waals surface area contributed by atoms with Crippen molar-refractivity contribution < 1.29 is 0 Å². The molecule has 3 rings (SSSR count). The van der Waals surface area contributed by atoms with Crippen molar-refractivity contribution in [3.05, 3.63) is 34.2 Å². The fourth-order valence-corrected chi connectivity index (χ4v) is 2.53.